The molecular weight excluding hydrogens is 320 g/mol. The summed E-state index contributed by atoms with van der Waals surface area (Å²) in [7, 11) is 0. The third-order valence-corrected chi connectivity index (χ3v) is 4.25. The van der Waals surface area contributed by atoms with Gasteiger partial charge in [-0.05, 0) is 44.7 Å². The Morgan fingerprint density at radius 3 is 2.52 bits per heavy atom. The molecule has 1 heterocycles. The van der Waals surface area contributed by atoms with E-state index in [0.29, 0.717) is 17.4 Å². The van der Waals surface area contributed by atoms with Gasteiger partial charge in [0.25, 0.3) is 5.91 Å². The predicted octanol–water partition coefficient (Wildman–Crippen LogP) is 3.99. The van der Waals surface area contributed by atoms with Gasteiger partial charge in [-0.2, -0.15) is 0 Å². The summed E-state index contributed by atoms with van der Waals surface area (Å²) in [5.74, 6) is -0.307. The molecular formula is C19H24N2O4. The molecule has 0 aliphatic rings. The van der Waals surface area contributed by atoms with Crippen LogP contribution >= 0.6 is 0 Å². The van der Waals surface area contributed by atoms with E-state index in [0.717, 1.165) is 17.7 Å². The summed E-state index contributed by atoms with van der Waals surface area (Å²) in [6.45, 7) is 9.02. The van der Waals surface area contributed by atoms with Gasteiger partial charge in [-0.25, -0.2) is 4.79 Å². The first kappa shape index (κ1) is 18.7. The van der Waals surface area contributed by atoms with Gasteiger partial charge in [0.2, 0.25) is 0 Å². The van der Waals surface area contributed by atoms with Crippen LogP contribution in [-0.2, 0) is 9.53 Å². The summed E-state index contributed by atoms with van der Waals surface area (Å²) in [4.78, 5) is 24.7. The summed E-state index contributed by atoms with van der Waals surface area (Å²) < 4.78 is 10.2. The van der Waals surface area contributed by atoms with E-state index in [4.69, 9.17) is 9.26 Å². The Hall–Kier alpha value is -2.63. The molecule has 0 fully saturated rings. The maximum Gasteiger partial charge on any atom is 0.344 e. The van der Waals surface area contributed by atoms with Crippen LogP contribution in [0, 0.1) is 13.8 Å². The Morgan fingerprint density at radius 2 is 1.92 bits per heavy atom. The smallest absolute Gasteiger partial charge is 0.344 e. The van der Waals surface area contributed by atoms with Crippen molar-refractivity contribution in [3.8, 4) is 0 Å². The Labute approximate surface area is 147 Å². The monoisotopic (exact) mass is 344 g/mol. The third kappa shape index (κ3) is 4.26. The van der Waals surface area contributed by atoms with Gasteiger partial charge >= 0.3 is 5.97 Å². The average molecular weight is 344 g/mol. The molecule has 6 heteroatoms. The minimum absolute atomic E-state index is 0.264. The molecule has 0 unspecified atom stereocenters. The molecule has 0 spiro atoms. The number of nitrogens with zero attached hydrogens (tertiary/aromatic N) is 1. The zero-order chi connectivity index (χ0) is 18.6. The lowest BCUT2D eigenvalue weighted by Crippen LogP contribution is -2.30. The topological polar surface area (TPSA) is 81.4 Å². The number of para-hydroxylation sites is 1. The van der Waals surface area contributed by atoms with Gasteiger partial charge in [0, 0.05) is 5.69 Å². The first-order valence-electron chi connectivity index (χ1n) is 8.38. The lowest BCUT2D eigenvalue weighted by Gasteiger charge is -2.18. The predicted molar refractivity (Wildman–Crippen MR) is 94.6 cm³/mol. The maximum atomic E-state index is 12.4. The van der Waals surface area contributed by atoms with Gasteiger partial charge < -0.3 is 14.6 Å². The highest BCUT2D eigenvalue weighted by Gasteiger charge is 2.24. The van der Waals surface area contributed by atoms with E-state index < -0.39 is 12.1 Å². The fourth-order valence-electron chi connectivity index (χ4n) is 2.54. The second kappa shape index (κ2) is 7.96. The highest BCUT2D eigenvalue weighted by molar-refractivity contribution is 5.98. The average Bonchev–Trinajstić information content (AvgIpc) is 2.93. The van der Waals surface area contributed by atoms with E-state index in [9.17, 15) is 9.59 Å². The molecule has 2 atom stereocenters. The molecule has 0 bridgehead atoms. The fourth-order valence-corrected chi connectivity index (χ4v) is 2.54. The summed E-state index contributed by atoms with van der Waals surface area (Å²) in [5.41, 5.74) is 2.50. The number of aromatic nitrogens is 1. The van der Waals surface area contributed by atoms with E-state index in [2.05, 4.69) is 24.3 Å². The molecule has 1 aromatic carbocycles. The van der Waals surface area contributed by atoms with Crippen molar-refractivity contribution in [2.24, 2.45) is 0 Å². The first-order chi connectivity index (χ1) is 11.8. The highest BCUT2D eigenvalue weighted by atomic mass is 16.5. The molecule has 0 saturated carbocycles. The number of aryl methyl sites for hydroxylation is 2. The van der Waals surface area contributed by atoms with Gasteiger partial charge in [-0.3, -0.25) is 4.79 Å². The van der Waals surface area contributed by atoms with Crippen molar-refractivity contribution in [3.05, 3.63) is 46.8 Å². The largest absolute Gasteiger partial charge is 0.449 e. The van der Waals surface area contributed by atoms with Crippen molar-refractivity contribution >= 4 is 17.6 Å². The number of ether oxygens (including phenoxy) is 1. The first-order valence-corrected chi connectivity index (χ1v) is 8.38. The Kier molecular flexibility index (Phi) is 5.96. The quantitative estimate of drug-likeness (QED) is 0.801. The maximum absolute atomic E-state index is 12.4. The minimum Gasteiger partial charge on any atom is -0.449 e. The lowest BCUT2D eigenvalue weighted by atomic mass is 9.97. The van der Waals surface area contributed by atoms with Crippen LogP contribution < -0.4 is 5.32 Å². The zero-order valence-corrected chi connectivity index (χ0v) is 15.3. The van der Waals surface area contributed by atoms with Crippen LogP contribution in [0.3, 0.4) is 0 Å². The number of amides is 1. The van der Waals surface area contributed by atoms with Crippen molar-refractivity contribution in [2.75, 3.05) is 5.32 Å². The number of hydrogen-bond acceptors (Lipinski definition) is 5. The molecule has 1 amide bonds. The Balaban J connectivity index is 2.08. The van der Waals surface area contributed by atoms with Gasteiger partial charge in [0.05, 0.1) is 5.69 Å². The molecule has 134 valence electrons. The van der Waals surface area contributed by atoms with Gasteiger partial charge in [-0.15, -0.1) is 0 Å². The molecule has 2 aromatic rings. The molecule has 0 aliphatic heterocycles. The van der Waals surface area contributed by atoms with E-state index in [1.165, 1.54) is 6.92 Å². The standard InChI is InChI=1S/C19H24N2O4/c1-6-11(2)15-9-7-8-10-16(15)20-18(22)14(5)24-19(23)17-12(3)21-25-13(17)4/h7-11,14H,6H2,1-5H3,(H,20,22)/t11-,14+/m1/s1. The second-order valence-corrected chi connectivity index (χ2v) is 6.13. The summed E-state index contributed by atoms with van der Waals surface area (Å²) in [5, 5.41) is 6.57. The van der Waals surface area contributed by atoms with E-state index in [1.807, 2.05) is 24.3 Å². The Bertz CT molecular complexity index is 747. The molecule has 25 heavy (non-hydrogen) atoms. The molecule has 1 aromatic heterocycles. The summed E-state index contributed by atoms with van der Waals surface area (Å²) in [6, 6.07) is 7.65. The third-order valence-electron chi connectivity index (χ3n) is 4.25. The number of carbonyl (C=O) groups excluding carboxylic acids is 2. The van der Waals surface area contributed by atoms with Crippen LogP contribution in [0.1, 0.15) is 60.5 Å². The number of hydrogen-bond donors (Lipinski definition) is 1. The van der Waals surface area contributed by atoms with Gasteiger partial charge in [0.15, 0.2) is 6.10 Å². The number of benzene rings is 1. The second-order valence-electron chi connectivity index (χ2n) is 6.13. The van der Waals surface area contributed by atoms with Crippen molar-refractivity contribution in [2.45, 2.75) is 53.1 Å². The van der Waals surface area contributed by atoms with Gasteiger partial charge in [0.1, 0.15) is 11.3 Å². The van der Waals surface area contributed by atoms with Crippen LogP contribution in [0.4, 0.5) is 5.69 Å². The number of anilines is 1. The Morgan fingerprint density at radius 1 is 1.24 bits per heavy atom. The van der Waals surface area contributed by atoms with E-state index in [-0.39, 0.29) is 11.5 Å². The number of nitrogens with one attached hydrogen (secondary N) is 1. The van der Waals surface area contributed by atoms with Crippen LogP contribution in [0.5, 0.6) is 0 Å². The van der Waals surface area contributed by atoms with Crippen LogP contribution in [0.2, 0.25) is 0 Å². The van der Waals surface area contributed by atoms with Crippen LogP contribution in [0.25, 0.3) is 0 Å². The molecule has 0 aliphatic carbocycles. The number of esters is 1. The highest BCUT2D eigenvalue weighted by Crippen LogP contribution is 2.26. The molecule has 2 rings (SSSR count). The van der Waals surface area contributed by atoms with Crippen molar-refractivity contribution in [1.29, 1.82) is 0 Å². The zero-order valence-electron chi connectivity index (χ0n) is 15.3. The lowest BCUT2D eigenvalue weighted by molar-refractivity contribution is -0.123. The summed E-state index contributed by atoms with van der Waals surface area (Å²) in [6.07, 6.45) is 0.0231. The van der Waals surface area contributed by atoms with E-state index in [1.54, 1.807) is 13.8 Å². The normalized spacial score (nSPS) is 13.2. The summed E-state index contributed by atoms with van der Waals surface area (Å²) >= 11 is 0. The van der Waals surface area contributed by atoms with Crippen molar-refractivity contribution < 1.29 is 18.8 Å². The van der Waals surface area contributed by atoms with E-state index >= 15 is 0 Å². The van der Waals surface area contributed by atoms with Crippen LogP contribution in [0.15, 0.2) is 28.8 Å². The molecule has 1 N–H and O–H groups in total. The van der Waals surface area contributed by atoms with Crippen LogP contribution in [-0.4, -0.2) is 23.1 Å². The van der Waals surface area contributed by atoms with Crippen molar-refractivity contribution in [1.82, 2.24) is 5.16 Å². The van der Waals surface area contributed by atoms with Gasteiger partial charge in [-0.1, -0.05) is 37.2 Å². The minimum atomic E-state index is -0.939. The molecule has 6 nitrogen and oxygen atoms in total. The SMILES string of the molecule is CC[C@@H](C)c1ccccc1NC(=O)[C@H](C)OC(=O)c1c(C)noc1C. The molecule has 0 saturated heterocycles. The fraction of sp³-hybridized carbons (Fsp3) is 0.421. The molecule has 0 radical (unpaired) electrons. The van der Waals surface area contributed by atoms with Crippen molar-refractivity contribution in [3.63, 3.8) is 0 Å². The number of rotatable bonds is 6. The number of carbonyl (C=O) groups is 2.